The average molecular weight is 911 g/mol. The fraction of sp³-hybridized carbons (Fsp3) is 0.696. The summed E-state index contributed by atoms with van der Waals surface area (Å²) in [7, 11) is 0. The number of unbranched alkanes of at least 4 members (excludes halogenated alkanes) is 16. The Morgan fingerprint density at radius 1 is 0.508 bits per heavy atom. The van der Waals surface area contributed by atoms with E-state index >= 15 is 0 Å². The van der Waals surface area contributed by atoms with Crippen LogP contribution in [0.1, 0.15) is 187 Å². The van der Waals surface area contributed by atoms with Crippen molar-refractivity contribution in [2.45, 2.75) is 224 Å². The van der Waals surface area contributed by atoms with E-state index < -0.39 is 43.4 Å². The van der Waals surface area contributed by atoms with Crippen LogP contribution in [0.25, 0.3) is 0 Å². The molecule has 372 valence electrons. The summed E-state index contributed by atoms with van der Waals surface area (Å²) in [6.45, 7) is 4.37. The molecule has 1 heterocycles. The first-order chi connectivity index (χ1) is 31.9. The van der Waals surface area contributed by atoms with Gasteiger partial charge in [-0.3, -0.25) is 4.79 Å². The van der Waals surface area contributed by atoms with Gasteiger partial charge in [-0.25, -0.2) is 0 Å². The van der Waals surface area contributed by atoms with Crippen molar-refractivity contribution in [3.63, 3.8) is 0 Å². The fourth-order valence-electron chi connectivity index (χ4n) is 7.23. The second-order valence-corrected chi connectivity index (χ2v) is 17.2. The molecule has 1 saturated heterocycles. The number of allylic oxidation sites excluding steroid dienone is 16. The monoisotopic (exact) mass is 911 g/mol. The van der Waals surface area contributed by atoms with E-state index in [1.165, 1.54) is 57.8 Å². The summed E-state index contributed by atoms with van der Waals surface area (Å²) in [4.78, 5) is 12.8. The summed E-state index contributed by atoms with van der Waals surface area (Å²) in [5.74, 6) is -0.335. The van der Waals surface area contributed by atoms with E-state index in [2.05, 4.69) is 111 Å². The highest BCUT2D eigenvalue weighted by molar-refractivity contribution is 5.69. The molecule has 0 radical (unpaired) electrons. The lowest BCUT2D eigenvalue weighted by Crippen LogP contribution is -2.59. The van der Waals surface area contributed by atoms with E-state index in [0.717, 1.165) is 109 Å². The van der Waals surface area contributed by atoms with Crippen LogP contribution < -0.4 is 0 Å². The maximum atomic E-state index is 12.8. The van der Waals surface area contributed by atoms with Gasteiger partial charge in [-0.1, -0.05) is 182 Å². The molecule has 0 spiro atoms. The second kappa shape index (κ2) is 46.2. The quantitative estimate of drug-likeness (QED) is 0.0268. The predicted molar refractivity (Wildman–Crippen MR) is 270 cm³/mol. The number of carbonyl (C=O) groups excluding carboxylic acids is 1. The van der Waals surface area contributed by atoms with E-state index in [9.17, 15) is 25.2 Å². The molecule has 9 nitrogen and oxygen atoms in total. The summed E-state index contributed by atoms with van der Waals surface area (Å²) in [6.07, 6.45) is 57.2. The smallest absolute Gasteiger partial charge is 0.306 e. The van der Waals surface area contributed by atoms with Crippen LogP contribution in [-0.4, -0.2) is 89.6 Å². The van der Waals surface area contributed by atoms with Crippen molar-refractivity contribution in [1.82, 2.24) is 0 Å². The summed E-state index contributed by atoms with van der Waals surface area (Å²) < 4.78 is 22.9. The molecule has 0 aromatic heterocycles. The molecule has 0 aromatic rings. The van der Waals surface area contributed by atoms with Crippen molar-refractivity contribution >= 4 is 5.97 Å². The number of ether oxygens (including phenoxy) is 4. The summed E-state index contributed by atoms with van der Waals surface area (Å²) >= 11 is 0. The van der Waals surface area contributed by atoms with Gasteiger partial charge in [0, 0.05) is 13.0 Å². The minimum absolute atomic E-state index is 0.125. The van der Waals surface area contributed by atoms with Gasteiger partial charge in [0.15, 0.2) is 6.29 Å². The Hall–Kier alpha value is -2.89. The molecule has 1 aliphatic rings. The van der Waals surface area contributed by atoms with Gasteiger partial charge in [-0.05, 0) is 96.3 Å². The van der Waals surface area contributed by atoms with Gasteiger partial charge in [-0.2, -0.15) is 0 Å². The van der Waals surface area contributed by atoms with Crippen molar-refractivity contribution < 1.29 is 44.2 Å². The molecule has 0 bridgehead atoms. The van der Waals surface area contributed by atoms with Crippen LogP contribution in [0.3, 0.4) is 0 Å². The van der Waals surface area contributed by atoms with Gasteiger partial charge in [0.1, 0.15) is 30.5 Å². The fourth-order valence-corrected chi connectivity index (χ4v) is 7.23. The van der Waals surface area contributed by atoms with Crippen molar-refractivity contribution in [2.24, 2.45) is 0 Å². The van der Waals surface area contributed by atoms with Gasteiger partial charge < -0.3 is 39.4 Å². The van der Waals surface area contributed by atoms with E-state index in [0.29, 0.717) is 13.0 Å². The van der Waals surface area contributed by atoms with Crippen LogP contribution in [-0.2, 0) is 23.7 Å². The molecule has 1 rings (SSSR count). The number of aliphatic hydroxyl groups is 4. The Labute approximate surface area is 396 Å². The molecule has 0 amide bonds. The van der Waals surface area contributed by atoms with E-state index in [4.69, 9.17) is 18.9 Å². The molecule has 1 aliphatic heterocycles. The lowest BCUT2D eigenvalue weighted by Gasteiger charge is -2.39. The zero-order valence-electron chi connectivity index (χ0n) is 41.0. The first-order valence-electron chi connectivity index (χ1n) is 25.8. The number of carbonyl (C=O) groups is 1. The zero-order chi connectivity index (χ0) is 47.1. The molecular weight excluding hydrogens is 817 g/mol. The van der Waals surface area contributed by atoms with Gasteiger partial charge in [0.25, 0.3) is 0 Å². The van der Waals surface area contributed by atoms with E-state index in [1.54, 1.807) is 0 Å². The first kappa shape index (κ1) is 60.1. The number of hydrogen-bond acceptors (Lipinski definition) is 9. The van der Waals surface area contributed by atoms with Gasteiger partial charge in [0.2, 0.25) is 0 Å². The maximum Gasteiger partial charge on any atom is 0.306 e. The minimum Gasteiger partial charge on any atom is -0.457 e. The normalized spacial score (nSPS) is 20.2. The third kappa shape index (κ3) is 36.9. The summed E-state index contributed by atoms with van der Waals surface area (Å²) in [6, 6.07) is 0. The highest BCUT2D eigenvalue weighted by Gasteiger charge is 2.44. The molecule has 0 saturated carbocycles. The lowest BCUT2D eigenvalue weighted by atomic mass is 9.99. The standard InChI is InChI=1S/C56H94O9/c1-3-5-7-9-11-13-15-17-19-21-22-23-24-25-26-27-28-29-30-32-34-36-38-40-42-44-46-62-48-50(49-63-56-55(61)54(60)53(59)51(47-57)65-56)64-52(58)45-43-41-39-37-35-33-31-20-18-16-14-12-10-8-6-4-2/h5,7,11,13-14,16-17,19-20,22-23,25-26,28-29,31,50-51,53-57,59-61H,3-4,6,8-10,12,15,18,21,24,27,30,32-49H2,1-2H3/b7-5-,13-11-,16-14-,19-17-,23-22-,26-25-,29-28-,31-20-. The summed E-state index contributed by atoms with van der Waals surface area (Å²) in [5.41, 5.74) is 0. The largest absolute Gasteiger partial charge is 0.457 e. The molecule has 9 heteroatoms. The first-order valence-corrected chi connectivity index (χ1v) is 25.8. The number of rotatable bonds is 43. The lowest BCUT2D eigenvalue weighted by molar-refractivity contribution is -0.305. The molecule has 6 unspecified atom stereocenters. The topological polar surface area (TPSA) is 135 Å². The van der Waals surface area contributed by atoms with E-state index in [-0.39, 0.29) is 19.2 Å². The van der Waals surface area contributed by atoms with Crippen LogP contribution in [0.15, 0.2) is 97.2 Å². The maximum absolute atomic E-state index is 12.8. The number of hydrogen-bond donors (Lipinski definition) is 4. The number of esters is 1. The van der Waals surface area contributed by atoms with Gasteiger partial charge in [0.05, 0.1) is 19.8 Å². The Morgan fingerprint density at radius 2 is 0.938 bits per heavy atom. The molecular formula is C56H94O9. The molecule has 1 fully saturated rings. The van der Waals surface area contributed by atoms with Gasteiger partial charge >= 0.3 is 5.97 Å². The number of aliphatic hydroxyl groups excluding tert-OH is 4. The molecule has 0 aromatic carbocycles. The average Bonchev–Trinajstić information content (AvgIpc) is 3.31. The third-order valence-corrected chi connectivity index (χ3v) is 11.2. The predicted octanol–water partition coefficient (Wildman–Crippen LogP) is 12.8. The van der Waals surface area contributed by atoms with Crippen LogP contribution in [0.4, 0.5) is 0 Å². The van der Waals surface area contributed by atoms with Crippen molar-refractivity contribution in [1.29, 1.82) is 0 Å². The summed E-state index contributed by atoms with van der Waals surface area (Å²) in [5, 5.41) is 40.2. The third-order valence-electron chi connectivity index (χ3n) is 11.2. The van der Waals surface area contributed by atoms with Crippen LogP contribution in [0.5, 0.6) is 0 Å². The van der Waals surface area contributed by atoms with Crippen molar-refractivity contribution in [2.75, 3.05) is 26.4 Å². The molecule has 6 atom stereocenters. The Bertz CT molecular complexity index is 1310. The Kier molecular flexibility index (Phi) is 42.8. The van der Waals surface area contributed by atoms with E-state index in [1.807, 2.05) is 0 Å². The van der Waals surface area contributed by atoms with Crippen molar-refractivity contribution in [3.05, 3.63) is 97.2 Å². The van der Waals surface area contributed by atoms with Crippen molar-refractivity contribution in [3.8, 4) is 0 Å². The Morgan fingerprint density at radius 3 is 1.42 bits per heavy atom. The molecule has 4 N–H and O–H groups in total. The second-order valence-electron chi connectivity index (χ2n) is 17.2. The SMILES string of the molecule is CC/C=C\C/C=C\C/C=C\C/C=C\C/C=C\C/C=C\CCCCCCCCCOCC(COC1OC(CO)C(O)C(O)C1O)OC(=O)CCCCCCC/C=C\C/C=C\CCCCCC. The highest BCUT2D eigenvalue weighted by Crippen LogP contribution is 2.22. The minimum atomic E-state index is -1.55. The molecule has 0 aliphatic carbocycles. The zero-order valence-corrected chi connectivity index (χ0v) is 41.0. The van der Waals surface area contributed by atoms with Crippen LogP contribution >= 0.6 is 0 Å². The van der Waals surface area contributed by atoms with Crippen LogP contribution in [0.2, 0.25) is 0 Å². The van der Waals surface area contributed by atoms with Gasteiger partial charge in [-0.15, -0.1) is 0 Å². The Balaban J connectivity index is 2.22. The highest BCUT2D eigenvalue weighted by atomic mass is 16.7. The molecule has 65 heavy (non-hydrogen) atoms. The van der Waals surface area contributed by atoms with Crippen LogP contribution in [0, 0.1) is 0 Å².